The van der Waals surface area contributed by atoms with Gasteiger partial charge in [-0.25, -0.2) is 8.78 Å². The van der Waals surface area contributed by atoms with Crippen molar-refractivity contribution in [1.29, 1.82) is 0 Å². The minimum Gasteiger partial charge on any atom is -0.497 e. The van der Waals surface area contributed by atoms with E-state index in [2.05, 4.69) is 10.6 Å². The number of anilines is 2. The summed E-state index contributed by atoms with van der Waals surface area (Å²) < 4.78 is 36.3. The molecule has 2 aromatic rings. The average molecular weight is 336 g/mol. The summed E-state index contributed by atoms with van der Waals surface area (Å²) >= 11 is 0. The Morgan fingerprint density at radius 2 is 1.83 bits per heavy atom. The van der Waals surface area contributed by atoms with Crippen LogP contribution in [0.1, 0.15) is 6.42 Å². The number of hydrogen-bond donors (Lipinski definition) is 2. The van der Waals surface area contributed by atoms with E-state index in [1.807, 2.05) is 0 Å². The molecule has 0 saturated heterocycles. The van der Waals surface area contributed by atoms with Crippen LogP contribution in [0.15, 0.2) is 36.4 Å². The fourth-order valence-corrected chi connectivity index (χ4v) is 2.05. The van der Waals surface area contributed by atoms with Crippen molar-refractivity contribution in [1.82, 2.24) is 0 Å². The molecule has 2 rings (SSSR count). The van der Waals surface area contributed by atoms with Crippen LogP contribution in [0, 0.1) is 11.6 Å². The lowest BCUT2D eigenvalue weighted by Gasteiger charge is -2.12. The van der Waals surface area contributed by atoms with Gasteiger partial charge in [0.1, 0.15) is 11.5 Å². The number of carbonyl (C=O) groups is 1. The molecule has 0 aromatic heterocycles. The van der Waals surface area contributed by atoms with Crippen molar-refractivity contribution < 1.29 is 23.0 Å². The van der Waals surface area contributed by atoms with Gasteiger partial charge in [0, 0.05) is 30.8 Å². The minimum absolute atomic E-state index is 0.147. The molecule has 0 aliphatic heterocycles. The van der Waals surface area contributed by atoms with Gasteiger partial charge >= 0.3 is 0 Å². The molecule has 7 heteroatoms. The van der Waals surface area contributed by atoms with Crippen molar-refractivity contribution in [2.45, 2.75) is 6.42 Å². The third-order valence-electron chi connectivity index (χ3n) is 3.28. The maximum atomic E-state index is 13.1. The summed E-state index contributed by atoms with van der Waals surface area (Å²) in [6.07, 6.45) is 0.147. The standard InChI is InChI=1S/C17H18F2N2O3/c1-23-12-4-6-15(16(10-12)24-2)20-8-7-17(22)21-11-3-5-13(18)14(19)9-11/h3-6,9-10,20H,7-8H2,1-2H3,(H,21,22). The first kappa shape index (κ1) is 17.5. The molecule has 0 fully saturated rings. The third-order valence-corrected chi connectivity index (χ3v) is 3.28. The number of hydrogen-bond acceptors (Lipinski definition) is 4. The first-order valence-corrected chi connectivity index (χ1v) is 7.24. The van der Waals surface area contributed by atoms with E-state index in [1.54, 1.807) is 25.3 Å². The summed E-state index contributed by atoms with van der Waals surface area (Å²) in [6.45, 7) is 0.345. The lowest BCUT2D eigenvalue weighted by Crippen LogP contribution is -2.16. The van der Waals surface area contributed by atoms with Gasteiger partial charge in [0.15, 0.2) is 11.6 Å². The van der Waals surface area contributed by atoms with Crippen molar-refractivity contribution in [3.63, 3.8) is 0 Å². The van der Waals surface area contributed by atoms with Gasteiger partial charge in [-0.1, -0.05) is 0 Å². The largest absolute Gasteiger partial charge is 0.497 e. The third kappa shape index (κ3) is 4.58. The smallest absolute Gasteiger partial charge is 0.226 e. The van der Waals surface area contributed by atoms with Crippen LogP contribution in [0.5, 0.6) is 11.5 Å². The molecule has 128 valence electrons. The average Bonchev–Trinajstić information content (AvgIpc) is 2.58. The lowest BCUT2D eigenvalue weighted by molar-refractivity contribution is -0.115. The molecule has 0 bridgehead atoms. The molecular formula is C17H18F2N2O3. The zero-order valence-corrected chi connectivity index (χ0v) is 13.4. The number of amides is 1. The SMILES string of the molecule is COc1ccc(NCCC(=O)Nc2ccc(F)c(F)c2)c(OC)c1. The van der Waals surface area contributed by atoms with E-state index in [0.29, 0.717) is 18.0 Å². The number of methoxy groups -OCH3 is 2. The quantitative estimate of drug-likeness (QED) is 0.813. The molecule has 0 aliphatic carbocycles. The molecule has 2 N–H and O–H groups in total. The van der Waals surface area contributed by atoms with Crippen molar-refractivity contribution >= 4 is 17.3 Å². The maximum absolute atomic E-state index is 13.1. The highest BCUT2D eigenvalue weighted by atomic mass is 19.2. The van der Waals surface area contributed by atoms with E-state index < -0.39 is 11.6 Å². The highest BCUT2D eigenvalue weighted by Gasteiger charge is 2.08. The second-order valence-corrected chi connectivity index (χ2v) is 4.92. The Bertz CT molecular complexity index is 723. The fourth-order valence-electron chi connectivity index (χ4n) is 2.05. The van der Waals surface area contributed by atoms with Gasteiger partial charge in [-0.2, -0.15) is 0 Å². The Hall–Kier alpha value is -2.83. The number of rotatable bonds is 7. The number of halogens is 2. The van der Waals surface area contributed by atoms with E-state index in [0.717, 1.165) is 17.8 Å². The first-order valence-electron chi connectivity index (χ1n) is 7.24. The summed E-state index contributed by atoms with van der Waals surface area (Å²) in [5.74, 6) is -1.03. The first-order chi connectivity index (χ1) is 11.5. The van der Waals surface area contributed by atoms with Gasteiger partial charge < -0.3 is 20.1 Å². The van der Waals surface area contributed by atoms with Crippen molar-refractivity contribution in [3.8, 4) is 11.5 Å². The summed E-state index contributed by atoms with van der Waals surface area (Å²) in [5, 5.41) is 5.58. The molecule has 0 atom stereocenters. The molecule has 0 aliphatic rings. The summed E-state index contributed by atoms with van der Waals surface area (Å²) in [7, 11) is 3.10. The van der Waals surface area contributed by atoms with Gasteiger partial charge in [-0.05, 0) is 24.3 Å². The van der Waals surface area contributed by atoms with E-state index >= 15 is 0 Å². The predicted molar refractivity (Wildman–Crippen MR) is 87.6 cm³/mol. The van der Waals surface area contributed by atoms with Crippen LogP contribution in [-0.4, -0.2) is 26.7 Å². The fraction of sp³-hybridized carbons (Fsp3) is 0.235. The molecule has 0 heterocycles. The highest BCUT2D eigenvalue weighted by molar-refractivity contribution is 5.91. The van der Waals surface area contributed by atoms with Gasteiger partial charge in [0.25, 0.3) is 0 Å². The van der Waals surface area contributed by atoms with E-state index in [1.165, 1.54) is 13.2 Å². The topological polar surface area (TPSA) is 59.6 Å². The molecule has 0 spiro atoms. The zero-order chi connectivity index (χ0) is 17.5. The molecule has 2 aromatic carbocycles. The highest BCUT2D eigenvalue weighted by Crippen LogP contribution is 2.28. The zero-order valence-electron chi connectivity index (χ0n) is 13.4. The van der Waals surface area contributed by atoms with E-state index in [4.69, 9.17) is 9.47 Å². The molecule has 0 saturated carbocycles. The number of nitrogens with one attached hydrogen (secondary N) is 2. The number of ether oxygens (including phenoxy) is 2. The molecule has 0 radical (unpaired) electrons. The normalized spacial score (nSPS) is 10.2. The summed E-state index contributed by atoms with van der Waals surface area (Å²) in [6, 6.07) is 8.48. The minimum atomic E-state index is -1.01. The Morgan fingerprint density at radius 3 is 2.50 bits per heavy atom. The van der Waals surface area contributed by atoms with Crippen LogP contribution in [0.3, 0.4) is 0 Å². The van der Waals surface area contributed by atoms with Crippen molar-refractivity contribution in [2.24, 2.45) is 0 Å². The van der Waals surface area contributed by atoms with E-state index in [9.17, 15) is 13.6 Å². The van der Waals surface area contributed by atoms with Crippen LogP contribution in [0.25, 0.3) is 0 Å². The van der Waals surface area contributed by atoms with Crippen LogP contribution in [0.4, 0.5) is 20.2 Å². The van der Waals surface area contributed by atoms with Crippen LogP contribution < -0.4 is 20.1 Å². The molecule has 1 amide bonds. The Morgan fingerprint density at radius 1 is 1.04 bits per heavy atom. The van der Waals surface area contributed by atoms with Crippen LogP contribution in [-0.2, 0) is 4.79 Å². The summed E-state index contributed by atoms with van der Waals surface area (Å²) in [4.78, 5) is 11.8. The van der Waals surface area contributed by atoms with Crippen molar-refractivity contribution in [2.75, 3.05) is 31.4 Å². The maximum Gasteiger partial charge on any atom is 0.226 e. The number of carbonyl (C=O) groups excluding carboxylic acids is 1. The molecule has 24 heavy (non-hydrogen) atoms. The molecule has 0 unspecified atom stereocenters. The van der Waals surface area contributed by atoms with Crippen molar-refractivity contribution in [3.05, 3.63) is 48.0 Å². The lowest BCUT2D eigenvalue weighted by atomic mass is 10.2. The molecule has 5 nitrogen and oxygen atoms in total. The summed E-state index contributed by atoms with van der Waals surface area (Å²) in [5.41, 5.74) is 0.930. The Labute approximate surface area is 138 Å². The Balaban J connectivity index is 1.87. The van der Waals surface area contributed by atoms with Crippen LogP contribution in [0.2, 0.25) is 0 Å². The Kier molecular flexibility index (Phi) is 5.95. The van der Waals surface area contributed by atoms with Gasteiger partial charge in [-0.15, -0.1) is 0 Å². The predicted octanol–water partition coefficient (Wildman–Crippen LogP) is 3.42. The van der Waals surface area contributed by atoms with Crippen LogP contribution >= 0.6 is 0 Å². The van der Waals surface area contributed by atoms with Gasteiger partial charge in [0.2, 0.25) is 5.91 Å². The monoisotopic (exact) mass is 336 g/mol. The molecular weight excluding hydrogens is 318 g/mol. The second-order valence-electron chi connectivity index (χ2n) is 4.92. The number of benzene rings is 2. The van der Waals surface area contributed by atoms with Gasteiger partial charge in [0.05, 0.1) is 19.9 Å². The van der Waals surface area contributed by atoms with E-state index in [-0.39, 0.29) is 18.0 Å². The van der Waals surface area contributed by atoms with Gasteiger partial charge in [-0.3, -0.25) is 4.79 Å². The second kappa shape index (κ2) is 8.14.